The van der Waals surface area contributed by atoms with Crippen molar-refractivity contribution in [1.29, 1.82) is 0 Å². The maximum absolute atomic E-state index is 13.9. The Labute approximate surface area is 89.7 Å². The summed E-state index contributed by atoms with van der Waals surface area (Å²) in [7, 11) is 0. The van der Waals surface area contributed by atoms with Crippen molar-refractivity contribution in [3.63, 3.8) is 0 Å². The third-order valence-electron chi connectivity index (χ3n) is 3.68. The van der Waals surface area contributed by atoms with E-state index in [9.17, 15) is 4.39 Å². The molecule has 2 aliphatic rings. The number of hydrogen-bond donors (Lipinski definition) is 1. The van der Waals surface area contributed by atoms with Gasteiger partial charge in [0.25, 0.3) is 0 Å². The lowest BCUT2D eigenvalue weighted by Gasteiger charge is -2.16. The Hall–Kier alpha value is -0.890. The van der Waals surface area contributed by atoms with Crippen LogP contribution in [0.2, 0.25) is 0 Å². The second kappa shape index (κ2) is 3.60. The highest BCUT2D eigenvalue weighted by Gasteiger charge is 2.25. The highest BCUT2D eigenvalue weighted by atomic mass is 19.1. The molecule has 1 aromatic rings. The maximum Gasteiger partial charge on any atom is 0.128 e. The van der Waals surface area contributed by atoms with Gasteiger partial charge in [-0.15, -0.1) is 0 Å². The Kier molecular flexibility index (Phi) is 2.24. The molecule has 3 rings (SSSR count). The fourth-order valence-corrected chi connectivity index (χ4v) is 2.97. The smallest absolute Gasteiger partial charge is 0.128 e. The van der Waals surface area contributed by atoms with Gasteiger partial charge in [-0.1, -0.05) is 6.07 Å². The molecular formula is C13H16FN. The van der Waals surface area contributed by atoms with Crippen molar-refractivity contribution in [2.24, 2.45) is 0 Å². The van der Waals surface area contributed by atoms with E-state index in [1.165, 1.54) is 24.0 Å². The molecule has 0 aromatic heterocycles. The van der Waals surface area contributed by atoms with E-state index < -0.39 is 0 Å². The minimum Gasteiger partial charge on any atom is -0.310 e. The van der Waals surface area contributed by atoms with E-state index in [0.717, 1.165) is 31.4 Å². The Bertz CT molecular complexity index is 380. The molecule has 1 fully saturated rings. The molecule has 0 unspecified atom stereocenters. The second-order valence-electron chi connectivity index (χ2n) is 4.60. The molecule has 0 amide bonds. The number of fused-ring (bicyclic) bond motifs is 1. The summed E-state index contributed by atoms with van der Waals surface area (Å²) in [6.07, 6.45) is 5.66. The number of benzene rings is 1. The minimum absolute atomic E-state index is 0.00458. The summed E-state index contributed by atoms with van der Waals surface area (Å²) in [5.74, 6) is -0.00458. The van der Waals surface area contributed by atoms with E-state index >= 15 is 0 Å². The first kappa shape index (κ1) is 9.34. The standard InChI is InChI=1S/C13H16FN/c14-11-7-6-9-3-1-4-10(9)13(11)12-5-2-8-15-12/h6-7,12,15H,1-5,8H2/t12-/m0/s1. The average molecular weight is 205 g/mol. The van der Waals surface area contributed by atoms with Crippen molar-refractivity contribution in [1.82, 2.24) is 5.32 Å². The number of hydrogen-bond acceptors (Lipinski definition) is 1. The quantitative estimate of drug-likeness (QED) is 0.743. The van der Waals surface area contributed by atoms with E-state index in [0.29, 0.717) is 0 Å². The van der Waals surface area contributed by atoms with E-state index in [-0.39, 0.29) is 11.9 Å². The van der Waals surface area contributed by atoms with Crippen LogP contribution in [0.3, 0.4) is 0 Å². The molecule has 0 bridgehead atoms. The first-order valence-corrected chi connectivity index (χ1v) is 5.90. The molecule has 1 saturated heterocycles. The molecule has 1 atom stereocenters. The van der Waals surface area contributed by atoms with Crippen molar-refractivity contribution in [3.05, 3.63) is 34.6 Å². The van der Waals surface area contributed by atoms with Crippen LogP contribution < -0.4 is 5.32 Å². The molecule has 2 heteroatoms. The van der Waals surface area contributed by atoms with Crippen LogP contribution in [0.15, 0.2) is 12.1 Å². The number of halogens is 1. The van der Waals surface area contributed by atoms with Crippen LogP contribution in [0.25, 0.3) is 0 Å². The van der Waals surface area contributed by atoms with Crippen LogP contribution in [0.1, 0.15) is 42.0 Å². The van der Waals surface area contributed by atoms with Gasteiger partial charge in [-0.2, -0.15) is 0 Å². The van der Waals surface area contributed by atoms with Crippen molar-refractivity contribution in [2.75, 3.05) is 6.54 Å². The first-order valence-electron chi connectivity index (χ1n) is 5.90. The van der Waals surface area contributed by atoms with E-state index in [4.69, 9.17) is 0 Å². The van der Waals surface area contributed by atoms with Gasteiger partial charge in [0.15, 0.2) is 0 Å². The fraction of sp³-hybridized carbons (Fsp3) is 0.538. The third kappa shape index (κ3) is 1.48. The molecule has 0 saturated carbocycles. The van der Waals surface area contributed by atoms with Crippen molar-refractivity contribution in [2.45, 2.75) is 38.1 Å². The fourth-order valence-electron chi connectivity index (χ4n) is 2.97. The van der Waals surface area contributed by atoms with Crippen molar-refractivity contribution < 1.29 is 4.39 Å². The zero-order valence-electron chi connectivity index (χ0n) is 8.85. The third-order valence-corrected chi connectivity index (χ3v) is 3.68. The summed E-state index contributed by atoms with van der Waals surface area (Å²) in [6.45, 7) is 1.04. The predicted octanol–water partition coefficient (Wildman–Crippen LogP) is 2.74. The van der Waals surface area contributed by atoms with E-state index in [2.05, 4.69) is 5.32 Å². The number of rotatable bonds is 1. The summed E-state index contributed by atoms with van der Waals surface area (Å²) in [5, 5.41) is 3.40. The van der Waals surface area contributed by atoms with Crippen LogP contribution in [0.5, 0.6) is 0 Å². The Morgan fingerprint density at radius 1 is 1.20 bits per heavy atom. The number of aryl methyl sites for hydroxylation is 1. The summed E-state index contributed by atoms with van der Waals surface area (Å²) in [4.78, 5) is 0. The molecule has 0 spiro atoms. The summed E-state index contributed by atoms with van der Waals surface area (Å²) < 4.78 is 13.9. The van der Waals surface area contributed by atoms with Gasteiger partial charge in [-0.05, 0) is 55.8 Å². The lowest BCUT2D eigenvalue weighted by atomic mass is 9.96. The van der Waals surface area contributed by atoms with Crippen LogP contribution in [-0.2, 0) is 12.8 Å². The van der Waals surface area contributed by atoms with Gasteiger partial charge >= 0.3 is 0 Å². The molecule has 1 aliphatic heterocycles. The lowest BCUT2D eigenvalue weighted by Crippen LogP contribution is -2.16. The van der Waals surface area contributed by atoms with Crippen LogP contribution in [0, 0.1) is 5.82 Å². The monoisotopic (exact) mass is 205 g/mol. The van der Waals surface area contributed by atoms with Gasteiger partial charge in [0.1, 0.15) is 5.82 Å². The summed E-state index contributed by atoms with van der Waals surface area (Å²) in [5.41, 5.74) is 3.65. The number of nitrogens with one attached hydrogen (secondary N) is 1. The van der Waals surface area contributed by atoms with Gasteiger partial charge in [-0.3, -0.25) is 0 Å². The van der Waals surface area contributed by atoms with Crippen LogP contribution in [-0.4, -0.2) is 6.54 Å². The zero-order valence-corrected chi connectivity index (χ0v) is 8.85. The molecule has 15 heavy (non-hydrogen) atoms. The molecule has 80 valence electrons. The minimum atomic E-state index is -0.00458. The largest absolute Gasteiger partial charge is 0.310 e. The topological polar surface area (TPSA) is 12.0 Å². The summed E-state index contributed by atoms with van der Waals surface area (Å²) >= 11 is 0. The molecule has 1 heterocycles. The molecular weight excluding hydrogens is 189 g/mol. The molecule has 1 aliphatic carbocycles. The zero-order chi connectivity index (χ0) is 10.3. The van der Waals surface area contributed by atoms with Gasteiger partial charge in [0.2, 0.25) is 0 Å². The normalized spacial score (nSPS) is 24.5. The Balaban J connectivity index is 2.08. The predicted molar refractivity (Wildman–Crippen MR) is 58.4 cm³/mol. The molecule has 0 radical (unpaired) electrons. The van der Waals surface area contributed by atoms with E-state index in [1.54, 1.807) is 6.07 Å². The second-order valence-corrected chi connectivity index (χ2v) is 4.60. The Morgan fingerprint density at radius 3 is 2.93 bits per heavy atom. The Morgan fingerprint density at radius 2 is 2.13 bits per heavy atom. The highest BCUT2D eigenvalue weighted by molar-refractivity contribution is 5.41. The maximum atomic E-state index is 13.9. The first-order chi connectivity index (χ1) is 7.36. The van der Waals surface area contributed by atoms with Crippen molar-refractivity contribution >= 4 is 0 Å². The molecule has 1 nitrogen and oxygen atoms in total. The highest BCUT2D eigenvalue weighted by Crippen LogP contribution is 2.34. The summed E-state index contributed by atoms with van der Waals surface area (Å²) in [6, 6.07) is 3.90. The molecule has 1 aromatic carbocycles. The van der Waals surface area contributed by atoms with Gasteiger partial charge in [0, 0.05) is 11.6 Å². The van der Waals surface area contributed by atoms with E-state index in [1.807, 2.05) is 6.07 Å². The molecule has 1 N–H and O–H groups in total. The SMILES string of the molecule is Fc1ccc2c(c1[C@@H]1CCCN1)CCC2. The van der Waals surface area contributed by atoms with Gasteiger partial charge < -0.3 is 5.32 Å². The average Bonchev–Trinajstić information content (AvgIpc) is 2.85. The lowest BCUT2D eigenvalue weighted by molar-refractivity contribution is 0.553. The van der Waals surface area contributed by atoms with Crippen LogP contribution in [0.4, 0.5) is 4.39 Å². The van der Waals surface area contributed by atoms with Crippen molar-refractivity contribution in [3.8, 4) is 0 Å². The van der Waals surface area contributed by atoms with Crippen LogP contribution >= 0.6 is 0 Å². The van der Waals surface area contributed by atoms with Gasteiger partial charge in [-0.25, -0.2) is 4.39 Å². The van der Waals surface area contributed by atoms with Gasteiger partial charge in [0.05, 0.1) is 0 Å².